The van der Waals surface area contributed by atoms with Crippen LogP contribution in [0, 0.1) is 6.92 Å². The van der Waals surface area contributed by atoms with Crippen molar-refractivity contribution in [3.05, 3.63) is 82.3 Å². The zero-order valence-electron chi connectivity index (χ0n) is 25.5. The number of ether oxygens (including phenoxy) is 2. The number of halogens is 1. The summed E-state index contributed by atoms with van der Waals surface area (Å²) in [5, 5.41) is 2.98. The van der Waals surface area contributed by atoms with Crippen molar-refractivity contribution in [3.8, 4) is 11.5 Å². The molecule has 3 rings (SSSR count). The van der Waals surface area contributed by atoms with Gasteiger partial charge in [0.1, 0.15) is 24.1 Å². The van der Waals surface area contributed by atoms with Crippen LogP contribution < -0.4 is 19.1 Å². The molecule has 0 aliphatic rings. The van der Waals surface area contributed by atoms with Gasteiger partial charge < -0.3 is 19.7 Å². The average molecular weight is 675 g/mol. The molecule has 3 aromatic rings. The zero-order chi connectivity index (χ0) is 31.7. The van der Waals surface area contributed by atoms with Gasteiger partial charge in [0.25, 0.3) is 10.0 Å². The highest BCUT2D eigenvalue weighted by molar-refractivity contribution is 9.10. The Morgan fingerprint density at radius 1 is 0.930 bits per heavy atom. The Morgan fingerprint density at radius 2 is 1.58 bits per heavy atom. The first-order valence-corrected chi connectivity index (χ1v) is 16.3. The van der Waals surface area contributed by atoms with Crippen LogP contribution >= 0.6 is 15.9 Å². The highest BCUT2D eigenvalue weighted by atomic mass is 79.9. The Morgan fingerprint density at radius 3 is 2.12 bits per heavy atom. The summed E-state index contributed by atoms with van der Waals surface area (Å²) in [6, 6.07) is 17.6. The van der Waals surface area contributed by atoms with Crippen LogP contribution in [0.2, 0.25) is 0 Å². The molecule has 0 radical (unpaired) electrons. The lowest BCUT2D eigenvalue weighted by Crippen LogP contribution is -2.53. The Labute approximate surface area is 263 Å². The molecule has 2 unspecified atom stereocenters. The largest absolute Gasteiger partial charge is 0.497 e. The van der Waals surface area contributed by atoms with Crippen LogP contribution in [0.5, 0.6) is 11.5 Å². The lowest BCUT2D eigenvalue weighted by atomic mass is 10.1. The minimum absolute atomic E-state index is 0.0168. The summed E-state index contributed by atoms with van der Waals surface area (Å²) in [6.45, 7) is 7.18. The fourth-order valence-electron chi connectivity index (χ4n) is 4.46. The van der Waals surface area contributed by atoms with Crippen LogP contribution in [-0.4, -0.2) is 58.0 Å². The highest BCUT2D eigenvalue weighted by Crippen LogP contribution is 2.31. The number of amides is 2. The number of hydrogen-bond donors (Lipinski definition) is 1. The van der Waals surface area contributed by atoms with Gasteiger partial charge in [0.05, 0.1) is 29.3 Å². The van der Waals surface area contributed by atoms with E-state index in [9.17, 15) is 18.0 Å². The van der Waals surface area contributed by atoms with Gasteiger partial charge in [-0.3, -0.25) is 13.9 Å². The number of hydrogen-bond acceptors (Lipinski definition) is 6. The predicted octanol–water partition coefficient (Wildman–Crippen LogP) is 5.69. The summed E-state index contributed by atoms with van der Waals surface area (Å²) >= 11 is 3.37. The normalized spacial score (nSPS) is 12.6. The maximum Gasteiger partial charge on any atom is 0.264 e. The van der Waals surface area contributed by atoms with E-state index >= 15 is 0 Å². The fraction of sp³-hybridized carbons (Fsp3) is 0.375. The molecule has 1 N–H and O–H groups in total. The molecule has 0 bridgehead atoms. The summed E-state index contributed by atoms with van der Waals surface area (Å²) in [5.41, 5.74) is 2.04. The van der Waals surface area contributed by atoms with Crippen LogP contribution in [0.25, 0.3) is 0 Å². The second kappa shape index (κ2) is 15.2. The van der Waals surface area contributed by atoms with Crippen LogP contribution in [0.3, 0.4) is 0 Å². The van der Waals surface area contributed by atoms with Crippen molar-refractivity contribution in [1.29, 1.82) is 0 Å². The third-order valence-electron chi connectivity index (χ3n) is 7.21. The van der Waals surface area contributed by atoms with Gasteiger partial charge in [-0.05, 0) is 90.6 Å². The van der Waals surface area contributed by atoms with Crippen molar-refractivity contribution in [3.63, 3.8) is 0 Å². The topological polar surface area (TPSA) is 105 Å². The first-order chi connectivity index (χ1) is 20.4. The average Bonchev–Trinajstić information content (AvgIpc) is 3.00. The van der Waals surface area contributed by atoms with E-state index in [4.69, 9.17) is 9.47 Å². The molecule has 3 aromatic carbocycles. The van der Waals surface area contributed by atoms with E-state index in [1.54, 1.807) is 49.6 Å². The van der Waals surface area contributed by atoms with Gasteiger partial charge in [0.2, 0.25) is 11.8 Å². The van der Waals surface area contributed by atoms with Crippen molar-refractivity contribution in [2.45, 2.75) is 64.1 Å². The molecule has 43 heavy (non-hydrogen) atoms. The predicted molar refractivity (Wildman–Crippen MR) is 172 cm³/mol. The van der Waals surface area contributed by atoms with Gasteiger partial charge in [-0.2, -0.15) is 0 Å². The number of aryl methyl sites for hydroxylation is 1. The third-order valence-corrected chi connectivity index (χ3v) is 9.60. The number of nitrogens with one attached hydrogen (secondary N) is 1. The monoisotopic (exact) mass is 673 g/mol. The van der Waals surface area contributed by atoms with E-state index in [1.807, 2.05) is 39.8 Å². The first-order valence-electron chi connectivity index (χ1n) is 14.1. The van der Waals surface area contributed by atoms with E-state index < -0.39 is 28.5 Å². The molecule has 0 spiro atoms. The number of carbonyl (C=O) groups excluding carboxylic acids is 2. The number of nitrogens with zero attached hydrogens (tertiary/aromatic N) is 2. The molecule has 0 saturated heterocycles. The molecule has 2 atom stereocenters. The standard InChI is InChI=1S/C32H40BrN3O6S/c1-7-23(4)34-32(38)29(8-2)35(20-24-11-15-26(41-5)16-12-24)31(37)21-36(25-13-9-22(3)10-14-25)43(39,40)27-17-18-30(42-6)28(33)19-27/h9-19,23,29H,7-8,20-21H2,1-6H3,(H,34,38). The second-order valence-corrected chi connectivity index (χ2v) is 13.0. The zero-order valence-corrected chi connectivity index (χ0v) is 27.9. The minimum atomic E-state index is -4.22. The number of carbonyl (C=O) groups is 2. The van der Waals surface area contributed by atoms with Gasteiger partial charge in [-0.25, -0.2) is 8.42 Å². The van der Waals surface area contributed by atoms with Crippen LogP contribution in [0.4, 0.5) is 5.69 Å². The van der Waals surface area contributed by atoms with E-state index in [2.05, 4.69) is 21.2 Å². The molecule has 9 nitrogen and oxygen atoms in total. The molecule has 0 aliphatic heterocycles. The maximum absolute atomic E-state index is 14.2. The molecule has 11 heteroatoms. The SMILES string of the molecule is CCC(C)NC(=O)C(CC)N(Cc1ccc(OC)cc1)C(=O)CN(c1ccc(C)cc1)S(=O)(=O)c1ccc(OC)c(Br)c1. The van der Waals surface area contributed by atoms with Crippen molar-refractivity contribution in [1.82, 2.24) is 10.2 Å². The Bertz CT molecular complexity index is 1500. The molecule has 0 saturated carbocycles. The Kier molecular flexibility index (Phi) is 12.0. The molecular formula is C32H40BrN3O6S. The first kappa shape index (κ1) is 33.9. The van der Waals surface area contributed by atoms with E-state index in [0.29, 0.717) is 28.1 Å². The molecule has 232 valence electrons. The maximum atomic E-state index is 14.2. The quantitative estimate of drug-likeness (QED) is 0.236. The minimum Gasteiger partial charge on any atom is -0.497 e. The van der Waals surface area contributed by atoms with Gasteiger partial charge in [0, 0.05) is 12.6 Å². The number of rotatable bonds is 14. The number of anilines is 1. The van der Waals surface area contributed by atoms with Gasteiger partial charge in [0.15, 0.2) is 0 Å². The molecule has 0 heterocycles. The fourth-order valence-corrected chi connectivity index (χ4v) is 6.60. The Balaban J connectivity index is 2.07. The highest BCUT2D eigenvalue weighted by Gasteiger charge is 2.34. The smallest absolute Gasteiger partial charge is 0.264 e. The van der Waals surface area contributed by atoms with Crippen molar-refractivity contribution >= 4 is 43.5 Å². The molecule has 0 fully saturated rings. The lowest BCUT2D eigenvalue weighted by Gasteiger charge is -2.33. The third kappa shape index (κ3) is 8.51. The molecular weight excluding hydrogens is 634 g/mol. The summed E-state index contributed by atoms with van der Waals surface area (Å²) in [4.78, 5) is 29.1. The van der Waals surface area contributed by atoms with E-state index in [1.165, 1.54) is 24.1 Å². The number of benzene rings is 3. The summed E-state index contributed by atoms with van der Waals surface area (Å²) in [6.07, 6.45) is 1.07. The van der Waals surface area contributed by atoms with E-state index in [-0.39, 0.29) is 23.4 Å². The summed E-state index contributed by atoms with van der Waals surface area (Å²) in [7, 11) is -1.16. The van der Waals surface area contributed by atoms with Gasteiger partial charge >= 0.3 is 0 Å². The Hall–Kier alpha value is -3.57. The van der Waals surface area contributed by atoms with Crippen LogP contribution in [0.1, 0.15) is 44.7 Å². The van der Waals surface area contributed by atoms with Gasteiger partial charge in [-0.1, -0.05) is 43.7 Å². The molecule has 2 amide bonds. The van der Waals surface area contributed by atoms with Crippen molar-refractivity contribution < 1.29 is 27.5 Å². The van der Waals surface area contributed by atoms with Crippen LogP contribution in [0.15, 0.2) is 76.1 Å². The lowest BCUT2D eigenvalue weighted by molar-refractivity contribution is -0.140. The molecule has 0 aliphatic carbocycles. The van der Waals surface area contributed by atoms with E-state index in [0.717, 1.165) is 21.9 Å². The number of sulfonamides is 1. The number of methoxy groups -OCH3 is 2. The molecule has 0 aromatic heterocycles. The van der Waals surface area contributed by atoms with Crippen LogP contribution in [-0.2, 0) is 26.2 Å². The summed E-state index contributed by atoms with van der Waals surface area (Å²) in [5.74, 6) is 0.326. The van der Waals surface area contributed by atoms with Crippen molar-refractivity contribution in [2.24, 2.45) is 0 Å². The second-order valence-electron chi connectivity index (χ2n) is 10.3. The van der Waals surface area contributed by atoms with Crippen molar-refractivity contribution in [2.75, 3.05) is 25.1 Å². The summed E-state index contributed by atoms with van der Waals surface area (Å²) < 4.78 is 40.3. The van der Waals surface area contributed by atoms with Gasteiger partial charge in [-0.15, -0.1) is 0 Å².